The minimum atomic E-state index is -4.67. The Morgan fingerprint density at radius 1 is 0.328 bits per heavy atom. The summed E-state index contributed by atoms with van der Waals surface area (Å²) in [4.78, 5) is 8.09. The van der Waals surface area contributed by atoms with E-state index in [0.717, 1.165) is 83.1 Å². The number of aryl methyl sites for hydroxylation is 11. The summed E-state index contributed by atoms with van der Waals surface area (Å²) in [7, 11) is -2.70. The maximum Gasteiger partial charge on any atom is 0.419 e. The highest BCUT2D eigenvalue weighted by Crippen LogP contribution is 2.48. The van der Waals surface area contributed by atoms with Crippen LogP contribution in [0.3, 0.4) is 0 Å². The predicted octanol–water partition coefficient (Wildman–Crippen LogP) is 31.1. The van der Waals surface area contributed by atoms with Gasteiger partial charge >= 0.3 is 12.4 Å². The average molecular weight is 1780 g/mol. The van der Waals surface area contributed by atoms with Crippen LogP contribution in [0, 0.1) is 76.2 Å². The lowest BCUT2D eigenvalue weighted by atomic mass is 9.75. The van der Waals surface area contributed by atoms with Crippen LogP contribution in [0.25, 0.3) is 0 Å². The smallest absolute Gasteiger partial charge is 0.419 e. The largest absolute Gasteiger partial charge is 0.490 e. The Labute approximate surface area is 759 Å². The lowest BCUT2D eigenvalue weighted by Crippen LogP contribution is -2.44. The van der Waals surface area contributed by atoms with Gasteiger partial charge in [0, 0.05) is 5.71 Å². The fourth-order valence-corrected chi connectivity index (χ4v) is 22.3. The molecule has 0 bridgehead atoms. The minimum Gasteiger partial charge on any atom is -0.490 e. The molecule has 0 radical (unpaired) electrons. The summed E-state index contributed by atoms with van der Waals surface area (Å²) in [5, 5.41) is 0. The van der Waals surface area contributed by atoms with Crippen LogP contribution in [-0.4, -0.2) is 67.7 Å². The first kappa shape index (κ1) is 103. The van der Waals surface area contributed by atoms with Gasteiger partial charge in [0.05, 0.1) is 12.1 Å². The van der Waals surface area contributed by atoms with Crippen molar-refractivity contribution in [3.8, 4) is 57.5 Å². The van der Waals surface area contributed by atoms with Crippen molar-refractivity contribution in [2.45, 2.75) is 199 Å². The van der Waals surface area contributed by atoms with Crippen molar-refractivity contribution in [1.82, 2.24) is 0 Å². The summed E-state index contributed by atoms with van der Waals surface area (Å²) in [5.74, 6) is 6.51. The molecule has 0 spiro atoms. The molecule has 11 nitrogen and oxygen atoms in total. The molecule has 1 unspecified atom stereocenters. The standard InChI is InChI=1S/C31H26F6O2.C16H18O2.2C15H16O2.C15H16.C12H30OSi2.C5H8N2/c1-19-5-15-27(21(3)17-19)38-24-11-7-22(8-12-24)29(4,31(35,36)37)23-9-13-25(14-10-23)39-28-16-6-20(2)18-26(28)30(32,33)34;1-13-3-7-15(8-4-13)17-11-12-18-16-9-5-14(2)6-10-16;2*1-12-3-7-14(8-4-12)16-11-17-15-9-5-13(2)6-10-15;1-12-3-7-14(8-4-12)11-15-9-5-13(2)6-10-15;1-7-9-11-14(3,4)13-15(5,6)12-10-8-2;1-4-3-6-5(2)7-4/h5-18H,1-4H3;3-10H,11-12H2,1-2H3;2*3-10H,11H2,1-2H3;3-10H,11H2,1-2H3;7-12H2,1-6H3;3H2,1-2H3. The molecule has 1 aliphatic rings. The van der Waals surface area contributed by atoms with Gasteiger partial charge in [0.1, 0.15) is 82.0 Å². The van der Waals surface area contributed by atoms with Crippen LogP contribution in [0.15, 0.2) is 289 Å². The Bertz CT molecular complexity index is 5010. The van der Waals surface area contributed by atoms with Gasteiger partial charge in [0.15, 0.2) is 16.6 Å². The van der Waals surface area contributed by atoms with Crippen LogP contribution in [0.5, 0.6) is 57.5 Å². The van der Waals surface area contributed by atoms with Gasteiger partial charge < -0.3 is 42.0 Å². The van der Waals surface area contributed by atoms with Crippen LogP contribution in [0.4, 0.5) is 26.3 Å². The van der Waals surface area contributed by atoms with Gasteiger partial charge in [-0.25, -0.2) is 4.99 Å². The number of benzene rings is 12. The molecule has 1 atom stereocenters. The summed E-state index contributed by atoms with van der Waals surface area (Å²) >= 11 is 0. The van der Waals surface area contributed by atoms with Gasteiger partial charge in [0.2, 0.25) is 13.6 Å². The molecule has 0 saturated carbocycles. The van der Waals surface area contributed by atoms with Crippen LogP contribution in [0.1, 0.15) is 149 Å². The number of nitrogens with zero attached hydrogens (tertiary/aromatic N) is 2. The number of hydrogen-bond acceptors (Lipinski definition) is 11. The summed E-state index contributed by atoms with van der Waals surface area (Å²) < 4.78 is 135. The molecular formula is C109H130F6N2O9Si2. The first-order valence-corrected chi connectivity index (χ1v) is 49.9. The number of hydrogen-bond donors (Lipinski definition) is 0. The maximum atomic E-state index is 14.5. The van der Waals surface area contributed by atoms with Crippen molar-refractivity contribution in [2.75, 3.05) is 33.3 Å². The second-order valence-electron chi connectivity index (χ2n) is 33.7. The second kappa shape index (κ2) is 51.4. The topological polar surface area (TPSA) is 108 Å². The number of ether oxygens (including phenoxy) is 8. The molecule has 0 aromatic heterocycles. The van der Waals surface area contributed by atoms with E-state index in [0.29, 0.717) is 30.3 Å². The quantitative estimate of drug-likeness (QED) is 0.0196. The molecule has 0 saturated heterocycles. The van der Waals surface area contributed by atoms with Crippen LogP contribution >= 0.6 is 0 Å². The Morgan fingerprint density at radius 3 is 0.883 bits per heavy atom. The molecule has 1 heterocycles. The zero-order valence-corrected chi connectivity index (χ0v) is 80.4. The molecule has 13 rings (SSSR count). The van der Waals surface area contributed by atoms with Gasteiger partial charge in [-0.05, 0) is 285 Å². The fourth-order valence-electron chi connectivity index (χ4n) is 13.1. The van der Waals surface area contributed by atoms with Gasteiger partial charge in [-0.15, -0.1) is 0 Å². The van der Waals surface area contributed by atoms with E-state index >= 15 is 0 Å². The molecule has 0 fully saturated rings. The SMILES string of the molecule is CC1=NC(C)=NC1.CCCC[Si](C)(C)O[Si](C)(C)CCCC.Cc1ccc(Cc2ccc(C)cc2)cc1.Cc1ccc(OCCOc2ccc(C)cc2)cc1.Cc1ccc(OCOc2ccc(C)cc2)cc1.Cc1ccc(OCOc2ccc(C)cc2)cc1.Cc1ccc(Oc2ccc(C(C)(c3ccc(Oc4ccc(C)cc4C(F)(F)F)cc3)C(F)(F)F)cc2)c(C)c1. The van der Waals surface area contributed by atoms with E-state index in [-0.39, 0.29) is 30.5 Å². The summed E-state index contributed by atoms with van der Waals surface area (Å²) in [6.45, 7) is 43.3. The molecule has 12 aromatic rings. The molecule has 1 aliphatic heterocycles. The Kier molecular flexibility index (Phi) is 41.5. The van der Waals surface area contributed by atoms with Gasteiger partial charge in [-0.3, -0.25) is 4.99 Å². The first-order chi connectivity index (χ1) is 60.7. The third-order valence-electron chi connectivity index (χ3n) is 20.7. The molecule has 128 heavy (non-hydrogen) atoms. The van der Waals surface area contributed by atoms with Crippen LogP contribution < -0.4 is 37.9 Å². The van der Waals surface area contributed by atoms with Crippen molar-refractivity contribution in [3.05, 3.63) is 368 Å². The Hall–Kier alpha value is -11.6. The fraction of sp³-hybridized carbons (Fsp3) is 0.321. The lowest BCUT2D eigenvalue weighted by molar-refractivity contribution is -0.173. The molecule has 19 heteroatoms. The molecular weight excluding hydrogens is 1650 g/mol. The van der Waals surface area contributed by atoms with E-state index in [1.165, 1.54) is 161 Å². The molecule has 680 valence electrons. The zero-order valence-electron chi connectivity index (χ0n) is 78.4. The predicted molar refractivity (Wildman–Crippen MR) is 520 cm³/mol. The highest BCUT2D eigenvalue weighted by Gasteiger charge is 2.53. The van der Waals surface area contributed by atoms with Crippen molar-refractivity contribution < 1.29 is 68.4 Å². The third-order valence-corrected chi connectivity index (χ3v) is 28.2. The van der Waals surface area contributed by atoms with Crippen molar-refractivity contribution >= 4 is 28.2 Å². The van der Waals surface area contributed by atoms with E-state index < -0.39 is 45.7 Å². The van der Waals surface area contributed by atoms with E-state index in [9.17, 15) is 26.3 Å². The van der Waals surface area contributed by atoms with E-state index in [2.05, 4.69) is 126 Å². The molecule has 0 aliphatic carbocycles. The molecule has 0 N–H and O–H groups in total. The lowest BCUT2D eigenvalue weighted by Gasteiger charge is -2.34. The summed E-state index contributed by atoms with van der Waals surface area (Å²) in [6, 6.07) is 87.7. The van der Waals surface area contributed by atoms with Gasteiger partial charge in [0.25, 0.3) is 0 Å². The highest BCUT2D eigenvalue weighted by atomic mass is 28.4. The molecule has 0 amide bonds. The van der Waals surface area contributed by atoms with Gasteiger partial charge in [-0.2, -0.15) is 26.3 Å². The van der Waals surface area contributed by atoms with Crippen LogP contribution in [-0.2, 0) is 22.1 Å². The zero-order chi connectivity index (χ0) is 93.5. The second-order valence-corrected chi connectivity index (χ2v) is 42.6. The third kappa shape index (κ3) is 37.7. The summed E-state index contributed by atoms with van der Waals surface area (Å²) in [6.07, 6.45) is -3.00. The number of aliphatic imine (C=N–C) groups is 2. The number of unbranched alkanes of at least 4 members (excludes halogenated alkanes) is 2. The van der Waals surface area contributed by atoms with Crippen LogP contribution in [0.2, 0.25) is 38.3 Å². The number of halogens is 6. The average Bonchev–Trinajstić information content (AvgIpc) is 0.774. The minimum absolute atomic E-state index is 0.0187. The van der Waals surface area contributed by atoms with Gasteiger partial charge in [-0.1, -0.05) is 259 Å². The van der Waals surface area contributed by atoms with E-state index in [1.807, 2.05) is 213 Å². The normalized spacial score (nSPS) is 12.0. The maximum absolute atomic E-state index is 14.5. The van der Waals surface area contributed by atoms with E-state index in [4.69, 9.17) is 42.0 Å². The van der Waals surface area contributed by atoms with E-state index in [1.54, 1.807) is 6.07 Å². The Balaban J connectivity index is 0.000000216. The summed E-state index contributed by atoms with van der Waals surface area (Å²) in [5.41, 5.74) is 12.8. The Morgan fingerprint density at radius 2 is 0.609 bits per heavy atom. The van der Waals surface area contributed by atoms with Crippen molar-refractivity contribution in [2.24, 2.45) is 9.98 Å². The molecule has 12 aromatic carbocycles. The van der Waals surface area contributed by atoms with Crippen molar-refractivity contribution in [1.29, 1.82) is 0 Å². The monoisotopic (exact) mass is 1780 g/mol. The van der Waals surface area contributed by atoms with Crippen molar-refractivity contribution in [3.63, 3.8) is 0 Å². The number of rotatable bonds is 29. The number of amidine groups is 1. The first-order valence-electron chi connectivity index (χ1n) is 43.7. The highest BCUT2D eigenvalue weighted by molar-refractivity contribution is 6.84. The number of alkyl halides is 6.